The summed E-state index contributed by atoms with van der Waals surface area (Å²) in [7, 11) is 0. The van der Waals surface area contributed by atoms with Gasteiger partial charge in [0.25, 0.3) is 0 Å². The number of hydrogen-bond donors (Lipinski definition) is 1. The lowest BCUT2D eigenvalue weighted by Gasteiger charge is -2.00. The zero-order chi connectivity index (χ0) is 15.5. The molecule has 0 bridgehead atoms. The summed E-state index contributed by atoms with van der Waals surface area (Å²) in [6.07, 6.45) is 1.61. The second kappa shape index (κ2) is 5.76. The number of pyridine rings is 1. The van der Waals surface area contributed by atoms with Crippen LogP contribution in [0.2, 0.25) is 0 Å². The Morgan fingerprint density at radius 2 is 2.09 bits per heavy atom. The highest BCUT2D eigenvalue weighted by Crippen LogP contribution is 2.13. The van der Waals surface area contributed by atoms with Gasteiger partial charge in [0, 0.05) is 18.3 Å². The van der Waals surface area contributed by atoms with Gasteiger partial charge in [-0.3, -0.25) is 9.78 Å². The maximum Gasteiger partial charge on any atom is 0.316 e. The fourth-order valence-corrected chi connectivity index (χ4v) is 1.91. The second-order valence-corrected chi connectivity index (χ2v) is 4.62. The number of nitrogens with one attached hydrogen (secondary N) is 1. The molecule has 112 valence electrons. The minimum atomic E-state index is -0.463. The molecule has 0 unspecified atom stereocenters. The number of rotatable bonds is 4. The summed E-state index contributed by atoms with van der Waals surface area (Å²) in [5, 5.41) is 10.3. The van der Waals surface area contributed by atoms with Crippen LogP contribution in [0.4, 0.5) is 0 Å². The van der Waals surface area contributed by atoms with Gasteiger partial charge in [-0.25, -0.2) is 0 Å². The zero-order valence-electron chi connectivity index (χ0n) is 12.0. The van der Waals surface area contributed by atoms with Gasteiger partial charge >= 0.3 is 11.8 Å². The van der Waals surface area contributed by atoms with Crippen LogP contribution in [0.5, 0.6) is 0 Å². The molecule has 0 saturated carbocycles. The summed E-state index contributed by atoms with van der Waals surface area (Å²) in [4.78, 5) is 20.2. The molecule has 0 aliphatic carbocycles. The summed E-state index contributed by atoms with van der Waals surface area (Å²) in [6.45, 7) is 3.87. The number of nitrogens with zero attached hydrogens (tertiary/aromatic N) is 4. The van der Waals surface area contributed by atoms with Crippen molar-refractivity contribution < 1.29 is 13.8 Å². The van der Waals surface area contributed by atoms with E-state index in [2.05, 4.69) is 25.6 Å². The van der Waals surface area contributed by atoms with Crippen LogP contribution in [0.15, 0.2) is 33.4 Å². The van der Waals surface area contributed by atoms with Crippen LogP contribution >= 0.6 is 0 Å². The molecule has 8 heteroatoms. The van der Waals surface area contributed by atoms with E-state index in [9.17, 15) is 4.79 Å². The van der Waals surface area contributed by atoms with Gasteiger partial charge in [0.1, 0.15) is 11.5 Å². The third-order valence-electron chi connectivity index (χ3n) is 3.12. The van der Waals surface area contributed by atoms with Crippen molar-refractivity contribution in [2.24, 2.45) is 0 Å². The molecule has 0 aliphatic rings. The normalized spacial score (nSPS) is 10.6. The summed E-state index contributed by atoms with van der Waals surface area (Å²) in [5.74, 6) is 0.350. The lowest BCUT2D eigenvalue weighted by atomic mass is 10.2. The van der Waals surface area contributed by atoms with Crippen LogP contribution < -0.4 is 5.32 Å². The van der Waals surface area contributed by atoms with Crippen LogP contribution in [-0.4, -0.2) is 26.2 Å². The quantitative estimate of drug-likeness (QED) is 0.780. The van der Waals surface area contributed by atoms with E-state index in [4.69, 9.17) is 9.05 Å². The van der Waals surface area contributed by atoms with E-state index < -0.39 is 5.91 Å². The zero-order valence-corrected chi connectivity index (χ0v) is 12.0. The Balaban J connectivity index is 1.70. The van der Waals surface area contributed by atoms with Gasteiger partial charge in [0.05, 0.1) is 5.69 Å². The predicted molar refractivity (Wildman–Crippen MR) is 74.7 cm³/mol. The predicted octanol–water partition coefficient (Wildman–Crippen LogP) is 1.67. The number of carbonyl (C=O) groups is 1. The average molecular weight is 299 g/mol. The Kier molecular flexibility index (Phi) is 3.65. The van der Waals surface area contributed by atoms with Crippen molar-refractivity contribution >= 4 is 5.91 Å². The molecule has 3 aromatic heterocycles. The van der Waals surface area contributed by atoms with Crippen LogP contribution in [0.3, 0.4) is 0 Å². The van der Waals surface area contributed by atoms with Crippen molar-refractivity contribution in [3.63, 3.8) is 0 Å². The molecule has 22 heavy (non-hydrogen) atoms. The number of hydrogen-bond acceptors (Lipinski definition) is 7. The largest absolute Gasteiger partial charge is 0.361 e. The molecule has 3 aromatic rings. The minimum Gasteiger partial charge on any atom is -0.361 e. The molecule has 0 radical (unpaired) electrons. The first kappa shape index (κ1) is 13.9. The molecule has 3 heterocycles. The van der Waals surface area contributed by atoms with Crippen LogP contribution in [-0.2, 0) is 6.54 Å². The van der Waals surface area contributed by atoms with Gasteiger partial charge < -0.3 is 14.4 Å². The molecule has 0 spiro atoms. The van der Waals surface area contributed by atoms with E-state index >= 15 is 0 Å². The first-order valence-corrected chi connectivity index (χ1v) is 6.60. The minimum absolute atomic E-state index is 0.118. The Bertz CT molecular complexity index is 774. The number of aryl methyl sites for hydroxylation is 2. The van der Waals surface area contributed by atoms with E-state index in [0.717, 1.165) is 11.3 Å². The van der Waals surface area contributed by atoms with Crippen LogP contribution in [0, 0.1) is 13.8 Å². The van der Waals surface area contributed by atoms with Gasteiger partial charge in [-0.15, -0.1) is 0 Å². The summed E-state index contributed by atoms with van der Waals surface area (Å²) in [6, 6.07) is 5.31. The molecule has 0 fully saturated rings. The van der Waals surface area contributed by atoms with Crippen LogP contribution in [0.25, 0.3) is 11.5 Å². The van der Waals surface area contributed by atoms with Gasteiger partial charge in [-0.05, 0) is 26.0 Å². The van der Waals surface area contributed by atoms with Gasteiger partial charge in [-0.1, -0.05) is 16.4 Å². The van der Waals surface area contributed by atoms with Crippen molar-refractivity contribution in [3.8, 4) is 11.5 Å². The van der Waals surface area contributed by atoms with Crippen molar-refractivity contribution in [3.05, 3.63) is 47.3 Å². The Morgan fingerprint density at radius 1 is 1.23 bits per heavy atom. The van der Waals surface area contributed by atoms with E-state index in [1.165, 1.54) is 0 Å². The maximum atomic E-state index is 12.0. The third kappa shape index (κ3) is 2.71. The lowest BCUT2D eigenvalue weighted by molar-refractivity contribution is 0.0907. The van der Waals surface area contributed by atoms with Crippen molar-refractivity contribution in [1.29, 1.82) is 0 Å². The van der Waals surface area contributed by atoms with Gasteiger partial charge in [0.2, 0.25) is 5.82 Å². The summed E-state index contributed by atoms with van der Waals surface area (Å²) >= 11 is 0. The maximum absolute atomic E-state index is 12.0. The Morgan fingerprint density at radius 3 is 2.77 bits per heavy atom. The van der Waals surface area contributed by atoms with Crippen LogP contribution in [0.1, 0.15) is 27.7 Å². The highest BCUT2D eigenvalue weighted by atomic mass is 16.5. The SMILES string of the molecule is Cc1noc(C)c1CNC(=O)c1nc(-c2ccccn2)no1. The van der Waals surface area contributed by atoms with Crippen molar-refractivity contribution in [2.45, 2.75) is 20.4 Å². The first-order chi connectivity index (χ1) is 10.6. The standard InChI is InChI=1S/C14H13N5O3/c1-8-10(9(2)21-18-8)7-16-13(20)14-17-12(19-22-14)11-5-3-4-6-15-11/h3-6H,7H2,1-2H3,(H,16,20). The number of carbonyl (C=O) groups excluding carboxylic acids is 1. The Labute approximate surface area is 125 Å². The van der Waals surface area contributed by atoms with E-state index in [1.54, 1.807) is 31.3 Å². The molecule has 0 aliphatic heterocycles. The third-order valence-corrected chi connectivity index (χ3v) is 3.12. The fourth-order valence-electron chi connectivity index (χ4n) is 1.91. The highest BCUT2D eigenvalue weighted by Gasteiger charge is 2.18. The second-order valence-electron chi connectivity index (χ2n) is 4.62. The molecule has 3 rings (SSSR count). The lowest BCUT2D eigenvalue weighted by Crippen LogP contribution is -2.23. The first-order valence-electron chi connectivity index (χ1n) is 6.60. The van der Waals surface area contributed by atoms with Gasteiger partial charge in [0.15, 0.2) is 0 Å². The molecule has 0 aromatic carbocycles. The summed E-state index contributed by atoms with van der Waals surface area (Å²) < 4.78 is 9.99. The van der Waals surface area contributed by atoms with Gasteiger partial charge in [-0.2, -0.15) is 4.98 Å². The topological polar surface area (TPSA) is 107 Å². The number of amides is 1. The van der Waals surface area contributed by atoms with Crippen molar-refractivity contribution in [2.75, 3.05) is 0 Å². The molecule has 1 N–H and O–H groups in total. The fraction of sp³-hybridized carbons (Fsp3) is 0.214. The summed E-state index contributed by atoms with van der Waals surface area (Å²) in [5.41, 5.74) is 2.10. The smallest absolute Gasteiger partial charge is 0.316 e. The molecule has 0 atom stereocenters. The van der Waals surface area contributed by atoms with E-state index in [1.807, 2.05) is 6.92 Å². The Hall–Kier alpha value is -3.03. The average Bonchev–Trinajstić information content (AvgIpc) is 3.14. The molecule has 8 nitrogen and oxygen atoms in total. The van der Waals surface area contributed by atoms with E-state index in [0.29, 0.717) is 11.5 Å². The number of aromatic nitrogens is 4. The van der Waals surface area contributed by atoms with Crippen molar-refractivity contribution in [1.82, 2.24) is 25.6 Å². The monoisotopic (exact) mass is 299 g/mol. The molecule has 1 amide bonds. The molecular formula is C14H13N5O3. The molecular weight excluding hydrogens is 286 g/mol. The van der Waals surface area contributed by atoms with E-state index in [-0.39, 0.29) is 18.3 Å². The molecule has 0 saturated heterocycles. The highest BCUT2D eigenvalue weighted by molar-refractivity contribution is 5.89.